The maximum Gasteiger partial charge on any atom is 0.326 e. The van der Waals surface area contributed by atoms with Crippen LogP contribution in [0.3, 0.4) is 0 Å². The molecule has 39 heavy (non-hydrogen) atoms. The van der Waals surface area contributed by atoms with Crippen molar-refractivity contribution in [2.75, 3.05) is 6.61 Å². The van der Waals surface area contributed by atoms with Crippen molar-refractivity contribution in [1.82, 2.24) is 10.3 Å². The number of benzene rings is 3. The summed E-state index contributed by atoms with van der Waals surface area (Å²) in [6, 6.07) is 21.9. The quantitative estimate of drug-likeness (QED) is 0.202. The van der Waals surface area contributed by atoms with Crippen molar-refractivity contribution in [3.05, 3.63) is 112 Å². The topological polar surface area (TPSA) is 102 Å². The molecule has 0 spiro atoms. The number of rotatable bonds is 11. The maximum atomic E-state index is 14.3. The summed E-state index contributed by atoms with van der Waals surface area (Å²) in [6.07, 6.45) is 1.55. The van der Waals surface area contributed by atoms with Crippen LogP contribution in [0.1, 0.15) is 22.6 Å². The van der Waals surface area contributed by atoms with Gasteiger partial charge in [0.25, 0.3) is 5.91 Å². The fourth-order valence-corrected chi connectivity index (χ4v) is 4.37. The highest BCUT2D eigenvalue weighted by Gasteiger charge is 2.23. The molecule has 0 aliphatic heterocycles. The van der Waals surface area contributed by atoms with E-state index >= 15 is 0 Å². The number of halogens is 2. The Bertz CT molecular complexity index is 1470. The van der Waals surface area contributed by atoms with E-state index in [0.29, 0.717) is 40.3 Å². The van der Waals surface area contributed by atoms with Gasteiger partial charge in [0.1, 0.15) is 17.6 Å². The molecule has 4 aromatic rings. The molecule has 2 N–H and O–H groups in total. The number of aryl methyl sites for hydroxylation is 1. The van der Waals surface area contributed by atoms with Gasteiger partial charge in [-0.25, -0.2) is 14.2 Å². The van der Waals surface area contributed by atoms with Gasteiger partial charge in [-0.15, -0.1) is 0 Å². The number of carboxylic acids is 1. The Labute approximate surface area is 233 Å². The molecule has 9 heteroatoms. The Balaban J connectivity index is 1.34. The molecule has 200 valence electrons. The first-order valence-electron chi connectivity index (χ1n) is 12.2. The van der Waals surface area contributed by atoms with Crippen LogP contribution in [-0.4, -0.2) is 34.6 Å². The lowest BCUT2D eigenvalue weighted by Crippen LogP contribution is -2.42. The van der Waals surface area contributed by atoms with Crippen LogP contribution in [0.2, 0.25) is 0 Å². The molecule has 1 amide bonds. The predicted molar refractivity (Wildman–Crippen MR) is 149 cm³/mol. The molecule has 0 bridgehead atoms. The fourth-order valence-electron chi connectivity index (χ4n) is 3.83. The molecule has 0 aliphatic carbocycles. The number of aliphatic carboxylic acids is 1. The van der Waals surface area contributed by atoms with Crippen LogP contribution in [0.25, 0.3) is 17.5 Å². The Morgan fingerprint density at radius 2 is 1.79 bits per heavy atom. The second-order valence-electron chi connectivity index (χ2n) is 8.72. The van der Waals surface area contributed by atoms with Crippen molar-refractivity contribution < 1.29 is 28.2 Å². The monoisotopic (exact) mass is 592 g/mol. The second kappa shape index (κ2) is 13.0. The van der Waals surface area contributed by atoms with E-state index in [0.717, 1.165) is 23.1 Å². The molecular weight excluding hydrogens is 567 g/mol. The van der Waals surface area contributed by atoms with Gasteiger partial charge in [0, 0.05) is 18.4 Å². The molecule has 1 atom stereocenters. The first-order chi connectivity index (χ1) is 18.8. The Hall–Kier alpha value is -4.24. The van der Waals surface area contributed by atoms with E-state index in [2.05, 4.69) is 26.2 Å². The number of ether oxygens (including phenoxy) is 1. The minimum Gasteiger partial charge on any atom is -0.492 e. The molecule has 0 aliphatic rings. The van der Waals surface area contributed by atoms with Crippen molar-refractivity contribution in [2.45, 2.75) is 25.8 Å². The molecule has 1 heterocycles. The fraction of sp³-hybridized carbons (Fsp3) is 0.167. The van der Waals surface area contributed by atoms with Gasteiger partial charge in [0.2, 0.25) is 5.89 Å². The van der Waals surface area contributed by atoms with Gasteiger partial charge in [-0.3, -0.25) is 4.79 Å². The third-order valence-corrected chi connectivity index (χ3v) is 6.48. The zero-order valence-corrected chi connectivity index (χ0v) is 22.7. The third-order valence-electron chi connectivity index (χ3n) is 5.86. The number of carboxylic acid groups (broad SMARTS) is 1. The summed E-state index contributed by atoms with van der Waals surface area (Å²) in [5.74, 6) is -1.59. The molecule has 0 radical (unpaired) electrons. The standard InChI is InChI=1S/C30H26BrFN2O5/c1-19-25(34-29(39-19)22-10-6-3-7-11-22)14-15-38-27-13-12-21(16-23(27)31)18-26(30(36)37)33-28(35)24(32)17-20-8-4-2-5-9-20/h2-13,16-17,26H,14-15,18H2,1H3,(H,33,35)(H,36,37)/b24-17-/t26-/m0/s1. The number of oxazole rings is 1. The molecule has 4 rings (SSSR count). The van der Waals surface area contributed by atoms with Crippen molar-refractivity contribution >= 4 is 33.9 Å². The summed E-state index contributed by atoms with van der Waals surface area (Å²) in [6.45, 7) is 2.21. The van der Waals surface area contributed by atoms with Crippen LogP contribution in [0, 0.1) is 6.92 Å². The number of carbonyl (C=O) groups is 2. The summed E-state index contributed by atoms with van der Waals surface area (Å²) < 4.78 is 26.6. The maximum absolute atomic E-state index is 14.3. The summed E-state index contributed by atoms with van der Waals surface area (Å²) in [5.41, 5.74) is 2.81. The Morgan fingerprint density at radius 3 is 2.46 bits per heavy atom. The van der Waals surface area contributed by atoms with Gasteiger partial charge >= 0.3 is 5.97 Å². The second-order valence-corrected chi connectivity index (χ2v) is 9.58. The van der Waals surface area contributed by atoms with Gasteiger partial charge in [-0.2, -0.15) is 0 Å². The van der Waals surface area contributed by atoms with Crippen LogP contribution in [0.4, 0.5) is 4.39 Å². The summed E-state index contributed by atoms with van der Waals surface area (Å²) in [5, 5.41) is 11.8. The highest BCUT2D eigenvalue weighted by Crippen LogP contribution is 2.27. The molecule has 0 unspecified atom stereocenters. The minimum absolute atomic E-state index is 0.0427. The van der Waals surface area contributed by atoms with Gasteiger partial charge in [-0.05, 0) is 64.3 Å². The third kappa shape index (κ3) is 7.64. The highest BCUT2D eigenvalue weighted by molar-refractivity contribution is 9.10. The lowest BCUT2D eigenvalue weighted by molar-refractivity contribution is -0.141. The summed E-state index contributed by atoms with van der Waals surface area (Å²) in [7, 11) is 0. The van der Waals surface area contributed by atoms with Gasteiger partial charge in [0.15, 0.2) is 5.83 Å². The van der Waals surface area contributed by atoms with E-state index < -0.39 is 23.7 Å². The van der Waals surface area contributed by atoms with E-state index in [1.807, 2.05) is 37.3 Å². The van der Waals surface area contributed by atoms with E-state index in [-0.39, 0.29) is 6.42 Å². The van der Waals surface area contributed by atoms with E-state index in [4.69, 9.17) is 9.15 Å². The number of hydrogen-bond donors (Lipinski definition) is 2. The summed E-state index contributed by atoms with van der Waals surface area (Å²) in [4.78, 5) is 28.6. The Kier molecular flexibility index (Phi) is 9.27. The number of hydrogen-bond acceptors (Lipinski definition) is 5. The van der Waals surface area contributed by atoms with Crippen molar-refractivity contribution in [2.24, 2.45) is 0 Å². The SMILES string of the molecule is Cc1oc(-c2ccccc2)nc1CCOc1ccc(C[C@H](NC(=O)/C(F)=C/c2ccccc2)C(=O)O)cc1Br. The van der Waals surface area contributed by atoms with Crippen molar-refractivity contribution in [3.8, 4) is 17.2 Å². The lowest BCUT2D eigenvalue weighted by Gasteiger charge is -2.15. The number of nitrogens with zero attached hydrogens (tertiary/aromatic N) is 1. The lowest BCUT2D eigenvalue weighted by atomic mass is 10.1. The van der Waals surface area contributed by atoms with Crippen LogP contribution in [0.5, 0.6) is 5.75 Å². The van der Waals surface area contributed by atoms with Crippen molar-refractivity contribution in [1.29, 1.82) is 0 Å². The first kappa shape index (κ1) is 27.8. The molecular formula is C30H26BrFN2O5. The molecule has 0 saturated carbocycles. The molecule has 0 saturated heterocycles. The summed E-state index contributed by atoms with van der Waals surface area (Å²) >= 11 is 3.46. The highest BCUT2D eigenvalue weighted by atomic mass is 79.9. The number of aromatic nitrogens is 1. The molecule has 1 aromatic heterocycles. The normalized spacial score (nSPS) is 12.1. The van der Waals surface area contributed by atoms with E-state index in [9.17, 15) is 19.1 Å². The Morgan fingerprint density at radius 1 is 1.10 bits per heavy atom. The van der Waals surface area contributed by atoms with Crippen LogP contribution >= 0.6 is 15.9 Å². The smallest absolute Gasteiger partial charge is 0.326 e. The van der Waals surface area contributed by atoms with Gasteiger partial charge in [0.05, 0.1) is 16.8 Å². The van der Waals surface area contributed by atoms with Crippen LogP contribution in [-0.2, 0) is 22.4 Å². The van der Waals surface area contributed by atoms with Gasteiger partial charge < -0.3 is 19.6 Å². The number of amides is 1. The zero-order chi connectivity index (χ0) is 27.8. The first-order valence-corrected chi connectivity index (χ1v) is 13.0. The van der Waals surface area contributed by atoms with Crippen LogP contribution < -0.4 is 10.1 Å². The van der Waals surface area contributed by atoms with E-state index in [1.54, 1.807) is 48.5 Å². The number of nitrogens with one attached hydrogen (secondary N) is 1. The average molecular weight is 593 g/mol. The van der Waals surface area contributed by atoms with Crippen LogP contribution in [0.15, 0.2) is 93.6 Å². The average Bonchev–Trinajstić information content (AvgIpc) is 3.30. The zero-order valence-electron chi connectivity index (χ0n) is 21.1. The van der Waals surface area contributed by atoms with Gasteiger partial charge in [-0.1, -0.05) is 54.6 Å². The minimum atomic E-state index is -1.32. The molecule has 0 fully saturated rings. The predicted octanol–water partition coefficient (Wildman–Crippen LogP) is 6.16. The van der Waals surface area contributed by atoms with Crippen molar-refractivity contribution in [3.63, 3.8) is 0 Å². The molecule has 7 nitrogen and oxygen atoms in total. The molecule has 3 aromatic carbocycles. The largest absolute Gasteiger partial charge is 0.492 e. The van der Waals surface area contributed by atoms with E-state index in [1.165, 1.54) is 0 Å². The number of carbonyl (C=O) groups excluding carboxylic acids is 1.